The van der Waals surface area contributed by atoms with E-state index in [9.17, 15) is 4.39 Å². The number of ether oxygens (including phenoxy) is 1. The first-order valence-corrected chi connectivity index (χ1v) is 5.86. The highest BCUT2D eigenvalue weighted by molar-refractivity contribution is 9.10. The fourth-order valence-corrected chi connectivity index (χ4v) is 2.02. The third kappa shape index (κ3) is 2.92. The van der Waals surface area contributed by atoms with Crippen molar-refractivity contribution in [1.29, 1.82) is 0 Å². The molecule has 1 heterocycles. The standard InChI is InChI=1S/C11H13BrFNO/c12-10-6-9(3-4-11(10)13)15-7-8-2-1-5-14-8/h3-4,6,8,14H,1-2,5,7H2/t8-/m0/s1. The Morgan fingerprint density at radius 1 is 1.53 bits per heavy atom. The van der Waals surface area contributed by atoms with Gasteiger partial charge >= 0.3 is 0 Å². The molecule has 0 spiro atoms. The summed E-state index contributed by atoms with van der Waals surface area (Å²) in [7, 11) is 0. The molecular weight excluding hydrogens is 261 g/mol. The van der Waals surface area contributed by atoms with Crippen molar-refractivity contribution in [3.8, 4) is 5.75 Å². The lowest BCUT2D eigenvalue weighted by Gasteiger charge is -2.12. The Labute approximate surface area is 96.9 Å². The van der Waals surface area contributed by atoms with Crippen molar-refractivity contribution in [2.75, 3.05) is 13.2 Å². The molecule has 1 saturated heterocycles. The van der Waals surface area contributed by atoms with E-state index < -0.39 is 0 Å². The highest BCUT2D eigenvalue weighted by Gasteiger charge is 2.14. The lowest BCUT2D eigenvalue weighted by Crippen LogP contribution is -2.28. The third-order valence-electron chi connectivity index (χ3n) is 2.50. The van der Waals surface area contributed by atoms with E-state index in [4.69, 9.17) is 4.74 Å². The van der Waals surface area contributed by atoms with Crippen LogP contribution in [0.1, 0.15) is 12.8 Å². The molecule has 0 bridgehead atoms. The molecule has 0 radical (unpaired) electrons. The summed E-state index contributed by atoms with van der Waals surface area (Å²) in [6.07, 6.45) is 2.36. The number of benzene rings is 1. The van der Waals surface area contributed by atoms with Gasteiger partial charge in [-0.15, -0.1) is 0 Å². The minimum absolute atomic E-state index is 0.263. The van der Waals surface area contributed by atoms with Crippen LogP contribution in [0.15, 0.2) is 22.7 Å². The first-order valence-electron chi connectivity index (χ1n) is 5.07. The molecule has 1 N–H and O–H groups in total. The maximum atomic E-state index is 12.9. The van der Waals surface area contributed by atoms with Gasteiger partial charge in [-0.2, -0.15) is 0 Å². The van der Waals surface area contributed by atoms with Crippen molar-refractivity contribution in [2.24, 2.45) is 0 Å². The molecule has 1 fully saturated rings. The topological polar surface area (TPSA) is 21.3 Å². The Morgan fingerprint density at radius 3 is 3.07 bits per heavy atom. The number of hydrogen-bond donors (Lipinski definition) is 1. The van der Waals surface area contributed by atoms with E-state index in [1.807, 2.05) is 0 Å². The Morgan fingerprint density at radius 2 is 2.40 bits per heavy atom. The lowest BCUT2D eigenvalue weighted by atomic mass is 10.2. The van der Waals surface area contributed by atoms with Crippen LogP contribution in [0.4, 0.5) is 4.39 Å². The first-order chi connectivity index (χ1) is 7.25. The van der Waals surface area contributed by atoms with Crippen LogP contribution in [0.2, 0.25) is 0 Å². The van der Waals surface area contributed by atoms with E-state index in [0.717, 1.165) is 13.0 Å². The Hall–Kier alpha value is -0.610. The number of nitrogens with one attached hydrogen (secondary N) is 1. The molecule has 82 valence electrons. The smallest absolute Gasteiger partial charge is 0.137 e. The number of hydrogen-bond acceptors (Lipinski definition) is 2. The summed E-state index contributed by atoms with van der Waals surface area (Å²) in [5.41, 5.74) is 0. The molecule has 0 amide bonds. The fraction of sp³-hybridized carbons (Fsp3) is 0.455. The monoisotopic (exact) mass is 273 g/mol. The van der Waals surface area contributed by atoms with Gasteiger partial charge in [-0.05, 0) is 53.5 Å². The van der Waals surface area contributed by atoms with Crippen molar-refractivity contribution in [3.05, 3.63) is 28.5 Å². The molecule has 4 heteroatoms. The van der Waals surface area contributed by atoms with E-state index in [1.54, 1.807) is 12.1 Å². The van der Waals surface area contributed by atoms with Gasteiger partial charge in [-0.3, -0.25) is 0 Å². The van der Waals surface area contributed by atoms with Crippen LogP contribution >= 0.6 is 15.9 Å². The van der Waals surface area contributed by atoms with Crippen LogP contribution in [0.5, 0.6) is 5.75 Å². The summed E-state index contributed by atoms with van der Waals surface area (Å²) in [5.74, 6) is 0.443. The predicted octanol–water partition coefficient (Wildman–Crippen LogP) is 2.72. The molecule has 2 rings (SSSR count). The van der Waals surface area contributed by atoms with Crippen LogP contribution in [-0.2, 0) is 0 Å². The van der Waals surface area contributed by atoms with Gasteiger partial charge in [-0.25, -0.2) is 4.39 Å². The number of rotatable bonds is 3. The van der Waals surface area contributed by atoms with Gasteiger partial charge in [0.25, 0.3) is 0 Å². The number of halogens is 2. The average molecular weight is 274 g/mol. The summed E-state index contributed by atoms with van der Waals surface area (Å²) >= 11 is 3.13. The second kappa shape index (κ2) is 4.94. The lowest BCUT2D eigenvalue weighted by molar-refractivity contribution is 0.276. The molecule has 1 atom stereocenters. The maximum absolute atomic E-state index is 12.9. The Balaban J connectivity index is 1.90. The summed E-state index contributed by atoms with van der Waals surface area (Å²) in [6.45, 7) is 1.72. The van der Waals surface area contributed by atoms with Gasteiger partial charge in [0.15, 0.2) is 0 Å². The zero-order valence-electron chi connectivity index (χ0n) is 8.30. The van der Waals surface area contributed by atoms with Crippen LogP contribution in [0, 0.1) is 5.82 Å². The SMILES string of the molecule is Fc1ccc(OC[C@@H]2CCCN2)cc1Br. The zero-order valence-corrected chi connectivity index (χ0v) is 9.89. The van der Waals surface area contributed by atoms with Gasteiger partial charge in [0, 0.05) is 6.04 Å². The maximum Gasteiger partial charge on any atom is 0.137 e. The second-order valence-corrected chi connectivity index (χ2v) is 4.53. The van der Waals surface area contributed by atoms with E-state index in [2.05, 4.69) is 21.2 Å². The van der Waals surface area contributed by atoms with Gasteiger partial charge in [-0.1, -0.05) is 0 Å². The molecule has 0 saturated carbocycles. The molecule has 1 aromatic carbocycles. The molecule has 1 aromatic rings. The molecule has 0 aliphatic carbocycles. The van der Waals surface area contributed by atoms with E-state index >= 15 is 0 Å². The van der Waals surface area contributed by atoms with E-state index in [0.29, 0.717) is 22.9 Å². The summed E-state index contributed by atoms with van der Waals surface area (Å²) in [5, 5.41) is 3.34. The second-order valence-electron chi connectivity index (χ2n) is 3.68. The van der Waals surface area contributed by atoms with Crippen molar-refractivity contribution < 1.29 is 9.13 Å². The predicted molar refractivity (Wildman–Crippen MR) is 60.6 cm³/mol. The molecule has 0 aromatic heterocycles. The van der Waals surface area contributed by atoms with Crippen molar-refractivity contribution in [1.82, 2.24) is 5.32 Å². The molecule has 15 heavy (non-hydrogen) atoms. The van der Waals surface area contributed by atoms with Crippen LogP contribution in [-0.4, -0.2) is 19.2 Å². The molecule has 1 aliphatic rings. The van der Waals surface area contributed by atoms with E-state index in [-0.39, 0.29) is 5.82 Å². The van der Waals surface area contributed by atoms with Crippen molar-refractivity contribution in [2.45, 2.75) is 18.9 Å². The van der Waals surface area contributed by atoms with Gasteiger partial charge < -0.3 is 10.1 Å². The van der Waals surface area contributed by atoms with Crippen molar-refractivity contribution >= 4 is 15.9 Å². The van der Waals surface area contributed by atoms with E-state index in [1.165, 1.54) is 12.5 Å². The largest absolute Gasteiger partial charge is 0.492 e. The van der Waals surface area contributed by atoms with Crippen LogP contribution in [0.25, 0.3) is 0 Å². The van der Waals surface area contributed by atoms with Gasteiger partial charge in [0.1, 0.15) is 18.2 Å². The van der Waals surface area contributed by atoms with Crippen molar-refractivity contribution in [3.63, 3.8) is 0 Å². The highest BCUT2D eigenvalue weighted by Crippen LogP contribution is 2.22. The Kier molecular flexibility index (Phi) is 3.59. The first kappa shape index (κ1) is 10.9. The normalized spacial score (nSPS) is 20.5. The summed E-state index contributed by atoms with van der Waals surface area (Å²) < 4.78 is 18.9. The fourth-order valence-electron chi connectivity index (χ4n) is 1.66. The third-order valence-corrected chi connectivity index (χ3v) is 3.11. The zero-order chi connectivity index (χ0) is 10.7. The van der Waals surface area contributed by atoms with Gasteiger partial charge in [0.05, 0.1) is 4.47 Å². The molecular formula is C11H13BrFNO. The summed E-state index contributed by atoms with van der Waals surface area (Å²) in [6, 6.07) is 5.15. The molecule has 1 aliphatic heterocycles. The average Bonchev–Trinajstić information content (AvgIpc) is 2.73. The Bertz CT molecular complexity index is 339. The minimum Gasteiger partial charge on any atom is -0.492 e. The quantitative estimate of drug-likeness (QED) is 0.915. The van der Waals surface area contributed by atoms with Crippen LogP contribution < -0.4 is 10.1 Å². The molecule has 0 unspecified atom stereocenters. The highest BCUT2D eigenvalue weighted by atomic mass is 79.9. The minimum atomic E-state index is -0.263. The van der Waals surface area contributed by atoms with Crippen LogP contribution in [0.3, 0.4) is 0 Å². The summed E-state index contributed by atoms with van der Waals surface area (Å²) in [4.78, 5) is 0. The molecule has 2 nitrogen and oxygen atoms in total. The van der Waals surface area contributed by atoms with Gasteiger partial charge in [0.2, 0.25) is 0 Å².